The van der Waals surface area contributed by atoms with Crippen LogP contribution in [0.15, 0.2) is 0 Å². The van der Waals surface area contributed by atoms with Crippen molar-refractivity contribution in [2.24, 2.45) is 0 Å². The van der Waals surface area contributed by atoms with Crippen LogP contribution in [0.4, 0.5) is 0 Å². The van der Waals surface area contributed by atoms with Crippen molar-refractivity contribution in [2.75, 3.05) is 18.1 Å². The highest BCUT2D eigenvalue weighted by molar-refractivity contribution is 7.99. The van der Waals surface area contributed by atoms with Crippen molar-refractivity contribution < 1.29 is 9.90 Å². The topological polar surface area (TPSA) is 49.3 Å². The number of thioether (sulfide) groups is 1. The summed E-state index contributed by atoms with van der Waals surface area (Å²) in [7, 11) is 0. The smallest absolute Gasteiger partial charge is 0.230 e. The fourth-order valence-corrected chi connectivity index (χ4v) is 2.11. The van der Waals surface area contributed by atoms with Crippen molar-refractivity contribution in [1.29, 1.82) is 0 Å². The van der Waals surface area contributed by atoms with Crippen LogP contribution in [0.1, 0.15) is 25.7 Å². The first-order valence-corrected chi connectivity index (χ1v) is 5.96. The molecule has 1 aliphatic carbocycles. The number of aliphatic hydroxyl groups is 1. The molecule has 0 heterocycles. The van der Waals surface area contributed by atoms with E-state index in [1.807, 2.05) is 0 Å². The first-order chi connectivity index (χ1) is 6.33. The average Bonchev–Trinajstić information content (AvgIpc) is 2.57. The fourth-order valence-electron chi connectivity index (χ4n) is 1.57. The first kappa shape index (κ1) is 10.9. The summed E-state index contributed by atoms with van der Waals surface area (Å²) in [5.74, 6) is 1.25. The van der Waals surface area contributed by atoms with E-state index in [2.05, 4.69) is 5.32 Å². The summed E-state index contributed by atoms with van der Waals surface area (Å²) in [4.78, 5) is 11.3. The third kappa shape index (κ3) is 4.52. The van der Waals surface area contributed by atoms with Crippen LogP contribution in [0.5, 0.6) is 0 Å². The molecule has 13 heavy (non-hydrogen) atoms. The van der Waals surface area contributed by atoms with Gasteiger partial charge >= 0.3 is 0 Å². The monoisotopic (exact) mass is 203 g/mol. The van der Waals surface area contributed by atoms with E-state index < -0.39 is 0 Å². The number of rotatable bonds is 5. The molecule has 0 aromatic rings. The summed E-state index contributed by atoms with van der Waals surface area (Å²) >= 11 is 1.48. The Morgan fingerprint density at radius 3 is 2.77 bits per heavy atom. The molecule has 0 aliphatic heterocycles. The minimum atomic E-state index is 0.116. The van der Waals surface area contributed by atoms with Crippen molar-refractivity contribution >= 4 is 17.7 Å². The van der Waals surface area contributed by atoms with Crippen LogP contribution in [0.25, 0.3) is 0 Å². The van der Waals surface area contributed by atoms with Crippen LogP contribution in [0, 0.1) is 0 Å². The Hall–Kier alpha value is -0.220. The third-order valence-electron chi connectivity index (χ3n) is 2.19. The third-order valence-corrected chi connectivity index (χ3v) is 3.13. The summed E-state index contributed by atoms with van der Waals surface area (Å²) in [6.07, 6.45) is 4.76. The number of hydrogen-bond donors (Lipinski definition) is 2. The number of aliphatic hydroxyl groups excluding tert-OH is 1. The maximum atomic E-state index is 11.3. The van der Waals surface area contributed by atoms with Gasteiger partial charge in [0.05, 0.1) is 12.4 Å². The Labute approximate surface area is 83.3 Å². The molecule has 1 amide bonds. The molecule has 2 N–H and O–H groups in total. The molecule has 76 valence electrons. The molecule has 1 fully saturated rings. The van der Waals surface area contributed by atoms with Crippen LogP contribution in [-0.4, -0.2) is 35.2 Å². The van der Waals surface area contributed by atoms with Gasteiger partial charge < -0.3 is 10.4 Å². The first-order valence-electron chi connectivity index (χ1n) is 4.81. The van der Waals surface area contributed by atoms with Crippen LogP contribution >= 0.6 is 11.8 Å². The summed E-state index contributed by atoms with van der Waals surface area (Å²) in [5, 5.41) is 11.5. The molecule has 1 saturated carbocycles. The van der Waals surface area contributed by atoms with Gasteiger partial charge in [-0.15, -0.1) is 11.8 Å². The molecule has 0 aromatic heterocycles. The SMILES string of the molecule is O=C(CSCCO)NC1CCCC1. The second-order valence-electron chi connectivity index (χ2n) is 3.33. The summed E-state index contributed by atoms with van der Waals surface area (Å²) in [6.45, 7) is 0.154. The van der Waals surface area contributed by atoms with E-state index in [0.717, 1.165) is 12.8 Å². The van der Waals surface area contributed by atoms with Crippen LogP contribution in [0.3, 0.4) is 0 Å². The summed E-state index contributed by atoms with van der Waals surface area (Å²) in [5.41, 5.74) is 0. The van der Waals surface area contributed by atoms with E-state index in [0.29, 0.717) is 17.5 Å². The predicted octanol–water partition coefficient (Wildman–Crippen LogP) is 0.771. The molecule has 0 bridgehead atoms. The maximum Gasteiger partial charge on any atom is 0.230 e. The largest absolute Gasteiger partial charge is 0.396 e. The van der Waals surface area contributed by atoms with Crippen LogP contribution < -0.4 is 5.32 Å². The summed E-state index contributed by atoms with van der Waals surface area (Å²) < 4.78 is 0. The van der Waals surface area contributed by atoms with E-state index in [9.17, 15) is 4.79 Å². The van der Waals surface area contributed by atoms with Crippen molar-refractivity contribution in [2.45, 2.75) is 31.7 Å². The molecule has 0 atom stereocenters. The number of nitrogens with one attached hydrogen (secondary N) is 1. The highest BCUT2D eigenvalue weighted by Gasteiger charge is 2.16. The van der Waals surface area contributed by atoms with Crippen molar-refractivity contribution in [1.82, 2.24) is 5.32 Å². The molecular formula is C9H17NO2S. The Balaban J connectivity index is 2.02. The molecular weight excluding hydrogens is 186 g/mol. The average molecular weight is 203 g/mol. The van der Waals surface area contributed by atoms with Gasteiger partial charge in [0.1, 0.15) is 0 Å². The van der Waals surface area contributed by atoms with Crippen molar-refractivity contribution in [3.05, 3.63) is 0 Å². The molecule has 0 saturated heterocycles. The lowest BCUT2D eigenvalue weighted by atomic mass is 10.2. The number of carbonyl (C=O) groups is 1. The minimum absolute atomic E-state index is 0.116. The molecule has 0 unspecified atom stereocenters. The molecule has 0 spiro atoms. The van der Waals surface area contributed by atoms with Crippen LogP contribution in [-0.2, 0) is 4.79 Å². The van der Waals surface area contributed by atoms with Gasteiger partial charge in [0.15, 0.2) is 0 Å². The fraction of sp³-hybridized carbons (Fsp3) is 0.889. The van der Waals surface area contributed by atoms with Gasteiger partial charge in [0.25, 0.3) is 0 Å². The maximum absolute atomic E-state index is 11.3. The lowest BCUT2D eigenvalue weighted by Gasteiger charge is -2.10. The van der Waals surface area contributed by atoms with E-state index in [1.165, 1.54) is 24.6 Å². The number of hydrogen-bond acceptors (Lipinski definition) is 3. The molecule has 0 radical (unpaired) electrons. The lowest BCUT2D eigenvalue weighted by Crippen LogP contribution is -2.33. The second kappa shape index (κ2) is 6.27. The van der Waals surface area contributed by atoms with Gasteiger partial charge in [-0.2, -0.15) is 0 Å². The normalized spacial score (nSPS) is 17.6. The second-order valence-corrected chi connectivity index (χ2v) is 4.43. The molecule has 4 heteroatoms. The Kier molecular flexibility index (Phi) is 5.23. The van der Waals surface area contributed by atoms with Crippen LogP contribution in [0.2, 0.25) is 0 Å². The molecule has 1 aliphatic rings. The zero-order chi connectivity index (χ0) is 9.52. The van der Waals surface area contributed by atoms with Crippen molar-refractivity contribution in [3.8, 4) is 0 Å². The van der Waals surface area contributed by atoms with E-state index >= 15 is 0 Å². The van der Waals surface area contributed by atoms with Gasteiger partial charge in [-0.05, 0) is 12.8 Å². The Morgan fingerprint density at radius 1 is 1.46 bits per heavy atom. The van der Waals surface area contributed by atoms with E-state index in [-0.39, 0.29) is 12.5 Å². The highest BCUT2D eigenvalue weighted by atomic mass is 32.2. The zero-order valence-corrected chi connectivity index (χ0v) is 8.61. The van der Waals surface area contributed by atoms with E-state index in [4.69, 9.17) is 5.11 Å². The molecule has 0 aromatic carbocycles. The number of carbonyl (C=O) groups excluding carboxylic acids is 1. The van der Waals surface area contributed by atoms with Gasteiger partial charge in [0, 0.05) is 11.8 Å². The highest BCUT2D eigenvalue weighted by Crippen LogP contribution is 2.17. The van der Waals surface area contributed by atoms with Gasteiger partial charge in [-0.25, -0.2) is 0 Å². The number of amides is 1. The minimum Gasteiger partial charge on any atom is -0.396 e. The van der Waals surface area contributed by atoms with Gasteiger partial charge in [-0.1, -0.05) is 12.8 Å². The Morgan fingerprint density at radius 2 is 2.15 bits per heavy atom. The lowest BCUT2D eigenvalue weighted by molar-refractivity contribution is -0.119. The molecule has 3 nitrogen and oxygen atoms in total. The zero-order valence-electron chi connectivity index (χ0n) is 7.79. The predicted molar refractivity (Wildman–Crippen MR) is 54.8 cm³/mol. The molecule has 1 rings (SSSR count). The van der Waals surface area contributed by atoms with Gasteiger partial charge in [0.2, 0.25) is 5.91 Å². The Bertz CT molecular complexity index is 158. The van der Waals surface area contributed by atoms with Gasteiger partial charge in [-0.3, -0.25) is 4.79 Å². The standard InChI is InChI=1S/C9H17NO2S/c11-5-6-13-7-9(12)10-8-3-1-2-4-8/h8,11H,1-7H2,(H,10,12). The summed E-state index contributed by atoms with van der Waals surface area (Å²) in [6, 6.07) is 0.419. The quantitative estimate of drug-likeness (QED) is 0.649. The van der Waals surface area contributed by atoms with E-state index in [1.54, 1.807) is 0 Å². The van der Waals surface area contributed by atoms with Crippen molar-refractivity contribution in [3.63, 3.8) is 0 Å².